The van der Waals surface area contributed by atoms with Gasteiger partial charge in [0.05, 0.1) is 12.2 Å². The van der Waals surface area contributed by atoms with Crippen LogP contribution in [0.15, 0.2) is 18.2 Å². The topological polar surface area (TPSA) is 64.5 Å². The summed E-state index contributed by atoms with van der Waals surface area (Å²) in [4.78, 5) is 24.0. The summed E-state index contributed by atoms with van der Waals surface area (Å²) in [6.07, 6.45) is -2.35. The molecule has 0 saturated carbocycles. The Kier molecular flexibility index (Phi) is 6.37. The van der Waals surface area contributed by atoms with Gasteiger partial charge in [0.15, 0.2) is 5.69 Å². The van der Waals surface area contributed by atoms with Crippen LogP contribution in [0.2, 0.25) is 0 Å². The number of benzene rings is 1. The lowest BCUT2D eigenvalue weighted by atomic mass is 9.96. The van der Waals surface area contributed by atoms with Gasteiger partial charge in [0, 0.05) is 37.8 Å². The summed E-state index contributed by atoms with van der Waals surface area (Å²) in [7, 11) is 0. The average molecular weight is 449 g/mol. The van der Waals surface area contributed by atoms with E-state index in [0.717, 1.165) is 24.5 Å². The third kappa shape index (κ3) is 4.57. The first-order valence-electron chi connectivity index (χ1n) is 10.8. The van der Waals surface area contributed by atoms with Crippen LogP contribution in [0.5, 0.6) is 0 Å². The number of fused-ring (bicyclic) bond motifs is 1. The fourth-order valence-corrected chi connectivity index (χ4v) is 4.28. The molecule has 32 heavy (non-hydrogen) atoms. The third-order valence-electron chi connectivity index (χ3n) is 6.04. The molecule has 1 aromatic heterocycles. The van der Waals surface area contributed by atoms with Gasteiger partial charge in [-0.3, -0.25) is 0 Å². The van der Waals surface area contributed by atoms with Crippen LogP contribution in [0.3, 0.4) is 0 Å². The maximum Gasteiger partial charge on any atom is 0.416 e. The van der Waals surface area contributed by atoms with Gasteiger partial charge >= 0.3 is 12.1 Å². The van der Waals surface area contributed by atoms with Gasteiger partial charge in [0.25, 0.3) is 0 Å². The summed E-state index contributed by atoms with van der Waals surface area (Å²) in [5, 5.41) is 0. The van der Waals surface area contributed by atoms with E-state index in [1.165, 1.54) is 12.1 Å². The number of hydrogen-bond donors (Lipinski definition) is 0. The molecule has 0 N–H and O–H groups in total. The monoisotopic (exact) mass is 449 g/mol. The largest absolute Gasteiger partial charge is 0.461 e. The van der Waals surface area contributed by atoms with Gasteiger partial charge in [-0.15, -0.1) is 0 Å². The summed E-state index contributed by atoms with van der Waals surface area (Å²) in [6.45, 7) is 5.92. The smallest absolute Gasteiger partial charge is 0.416 e. The Morgan fingerprint density at radius 3 is 2.66 bits per heavy atom. The molecule has 0 aliphatic carbocycles. The van der Waals surface area contributed by atoms with E-state index >= 15 is 0 Å². The van der Waals surface area contributed by atoms with E-state index in [2.05, 4.69) is 4.98 Å². The fraction of sp³-hybridized carbons (Fsp3) is 0.522. The zero-order chi connectivity index (χ0) is 22.9. The van der Waals surface area contributed by atoms with E-state index in [0.29, 0.717) is 55.5 Å². The van der Waals surface area contributed by atoms with E-state index in [1.807, 2.05) is 4.90 Å². The van der Waals surface area contributed by atoms with Gasteiger partial charge in [-0.05, 0) is 56.4 Å². The second-order valence-electron chi connectivity index (χ2n) is 8.14. The number of anilines is 1. The highest BCUT2D eigenvalue weighted by atomic mass is 19.4. The molecule has 0 unspecified atom stereocenters. The lowest BCUT2D eigenvalue weighted by molar-refractivity contribution is -0.137. The van der Waals surface area contributed by atoms with Crippen molar-refractivity contribution in [1.29, 1.82) is 0 Å². The maximum absolute atomic E-state index is 13.1. The summed E-state index contributed by atoms with van der Waals surface area (Å²) >= 11 is 0. The van der Waals surface area contributed by atoms with Crippen LogP contribution in [0.1, 0.15) is 64.2 Å². The second-order valence-corrected chi connectivity index (χ2v) is 8.14. The summed E-state index contributed by atoms with van der Waals surface area (Å²) in [5.74, 6) is 0.821. The first kappa shape index (κ1) is 22.5. The van der Waals surface area contributed by atoms with Gasteiger partial charge < -0.3 is 14.4 Å². The molecule has 2 aliphatic heterocycles. The molecule has 1 fully saturated rings. The van der Waals surface area contributed by atoms with E-state index in [-0.39, 0.29) is 18.2 Å². The van der Waals surface area contributed by atoms with E-state index in [1.54, 1.807) is 13.8 Å². The first-order chi connectivity index (χ1) is 15.3. The quantitative estimate of drug-likeness (QED) is 0.644. The Morgan fingerprint density at radius 2 is 1.97 bits per heavy atom. The van der Waals surface area contributed by atoms with Crippen molar-refractivity contribution in [2.75, 3.05) is 31.3 Å². The van der Waals surface area contributed by atoms with Gasteiger partial charge in [0.2, 0.25) is 0 Å². The van der Waals surface area contributed by atoms with Crippen LogP contribution in [0, 0.1) is 6.92 Å². The summed E-state index contributed by atoms with van der Waals surface area (Å²) in [5.41, 5.74) is 1.76. The van der Waals surface area contributed by atoms with Gasteiger partial charge in [-0.2, -0.15) is 13.2 Å². The number of nitrogens with zero attached hydrogens (tertiary/aromatic N) is 3. The Hall–Kier alpha value is -2.68. The molecule has 1 saturated heterocycles. The number of alkyl halides is 3. The lowest BCUT2D eigenvalue weighted by Gasteiger charge is -2.32. The van der Waals surface area contributed by atoms with Gasteiger partial charge in [0.1, 0.15) is 11.6 Å². The van der Waals surface area contributed by atoms with Crippen molar-refractivity contribution >= 4 is 11.8 Å². The number of carbonyl (C=O) groups is 1. The van der Waals surface area contributed by atoms with Crippen molar-refractivity contribution in [1.82, 2.24) is 9.97 Å². The lowest BCUT2D eigenvalue weighted by Crippen LogP contribution is -2.33. The summed E-state index contributed by atoms with van der Waals surface area (Å²) < 4.78 is 49.9. The van der Waals surface area contributed by atoms with Crippen LogP contribution >= 0.6 is 0 Å². The zero-order valence-corrected chi connectivity index (χ0v) is 18.2. The van der Waals surface area contributed by atoms with Crippen LogP contribution < -0.4 is 4.90 Å². The second kappa shape index (κ2) is 9.05. The molecule has 172 valence electrons. The molecule has 1 aromatic carbocycles. The number of aromatic nitrogens is 2. The van der Waals surface area contributed by atoms with Crippen molar-refractivity contribution in [3.63, 3.8) is 0 Å². The Bertz CT molecular complexity index is 1000. The van der Waals surface area contributed by atoms with Gasteiger partial charge in [-0.1, -0.05) is 6.07 Å². The minimum Gasteiger partial charge on any atom is -0.461 e. The van der Waals surface area contributed by atoms with Crippen molar-refractivity contribution in [2.24, 2.45) is 0 Å². The standard InChI is InChI=1S/C23H26F3N3O3/c1-3-32-22(30)19-14(2)21(28-20(27-19)15-7-10-31-11-8-15)29-9-6-16-12-18(23(24,25)26)5-4-17(16)13-29/h4-5,12,15H,3,6-11,13H2,1-2H3. The number of halogens is 3. The minimum absolute atomic E-state index is 0.0858. The molecule has 0 amide bonds. The van der Waals surface area contributed by atoms with Gasteiger partial charge in [-0.25, -0.2) is 14.8 Å². The molecule has 0 bridgehead atoms. The number of esters is 1. The molecule has 6 nitrogen and oxygen atoms in total. The molecule has 0 atom stereocenters. The number of hydrogen-bond acceptors (Lipinski definition) is 6. The van der Waals surface area contributed by atoms with Crippen LogP contribution in [0.25, 0.3) is 0 Å². The third-order valence-corrected chi connectivity index (χ3v) is 6.04. The van der Waals surface area contributed by atoms with Crippen molar-refractivity contribution < 1.29 is 27.4 Å². The van der Waals surface area contributed by atoms with E-state index in [4.69, 9.17) is 14.5 Å². The fourth-order valence-electron chi connectivity index (χ4n) is 4.28. The zero-order valence-electron chi connectivity index (χ0n) is 18.2. The SMILES string of the molecule is CCOC(=O)c1nc(C2CCOCC2)nc(N2CCc3cc(C(F)(F)F)ccc3C2)c1C. The van der Waals surface area contributed by atoms with E-state index < -0.39 is 17.7 Å². The Labute approximate surface area is 184 Å². The number of carbonyl (C=O) groups excluding carboxylic acids is 1. The highest BCUT2D eigenvalue weighted by Crippen LogP contribution is 2.34. The first-order valence-corrected chi connectivity index (χ1v) is 10.8. The Morgan fingerprint density at radius 1 is 1.22 bits per heavy atom. The number of rotatable bonds is 4. The highest BCUT2D eigenvalue weighted by molar-refractivity contribution is 5.90. The van der Waals surface area contributed by atoms with Crippen LogP contribution in [-0.2, 0) is 28.6 Å². The average Bonchev–Trinajstić information content (AvgIpc) is 2.78. The highest BCUT2D eigenvalue weighted by Gasteiger charge is 2.32. The summed E-state index contributed by atoms with van der Waals surface area (Å²) in [6, 6.07) is 3.89. The normalized spacial score (nSPS) is 17.2. The molecule has 0 spiro atoms. The molecular formula is C23H26F3N3O3. The predicted octanol–water partition coefficient (Wildman–Crippen LogP) is 4.44. The van der Waals surface area contributed by atoms with Crippen molar-refractivity contribution in [3.05, 3.63) is 52.0 Å². The molecular weight excluding hydrogens is 423 g/mol. The minimum atomic E-state index is -4.36. The molecule has 0 radical (unpaired) electrons. The molecule has 2 aliphatic rings. The number of ether oxygens (including phenoxy) is 2. The molecule has 9 heteroatoms. The molecule has 3 heterocycles. The van der Waals surface area contributed by atoms with E-state index in [9.17, 15) is 18.0 Å². The predicted molar refractivity (Wildman–Crippen MR) is 112 cm³/mol. The molecule has 2 aromatic rings. The van der Waals surface area contributed by atoms with Crippen LogP contribution in [-0.4, -0.2) is 42.3 Å². The van der Waals surface area contributed by atoms with Crippen molar-refractivity contribution in [2.45, 2.75) is 51.7 Å². The van der Waals surface area contributed by atoms with Crippen molar-refractivity contribution in [3.8, 4) is 0 Å². The molecule has 4 rings (SSSR count). The maximum atomic E-state index is 13.1. The Balaban J connectivity index is 1.69. The van der Waals surface area contributed by atoms with Crippen LogP contribution in [0.4, 0.5) is 19.0 Å².